The van der Waals surface area contributed by atoms with Crippen LogP contribution in [0.5, 0.6) is 0 Å². The number of hydrogen-bond donors (Lipinski definition) is 1. The number of aromatic nitrogens is 2. The van der Waals surface area contributed by atoms with Gasteiger partial charge in [-0.25, -0.2) is 4.98 Å². The molecule has 0 aliphatic heterocycles. The molecule has 0 radical (unpaired) electrons. The third-order valence-corrected chi connectivity index (χ3v) is 4.60. The average molecular weight is 369 g/mol. The molecule has 0 aliphatic rings. The van der Waals surface area contributed by atoms with Crippen molar-refractivity contribution in [2.24, 2.45) is 0 Å². The largest absolute Gasteiger partial charge is 0.451 e. The lowest BCUT2D eigenvalue weighted by Gasteiger charge is -2.04. The van der Waals surface area contributed by atoms with E-state index in [0.717, 1.165) is 16.5 Å². The molecule has 2 aromatic carbocycles. The monoisotopic (exact) mass is 369 g/mol. The first-order valence-corrected chi connectivity index (χ1v) is 8.80. The number of amides is 1. The van der Waals surface area contributed by atoms with Crippen molar-refractivity contribution >= 4 is 33.8 Å². The zero-order valence-corrected chi connectivity index (χ0v) is 15.0. The minimum atomic E-state index is -0.285. The zero-order valence-electron chi connectivity index (χ0n) is 15.0. The Balaban J connectivity index is 1.39. The van der Waals surface area contributed by atoms with Gasteiger partial charge in [0.1, 0.15) is 5.58 Å². The smallest absolute Gasteiger partial charge is 0.291 e. The number of carbonyl (C=O) groups excluding carboxylic acids is 1. The molecular weight excluding hydrogens is 354 g/mol. The lowest BCUT2D eigenvalue weighted by molar-refractivity contribution is 0.0998. The van der Waals surface area contributed by atoms with E-state index in [1.807, 2.05) is 49.4 Å². The SMILES string of the molecule is Cc1c(C(=O)Nc2ccc(-c3nc4ncccc4o3)cc2)oc2ccccc12. The maximum Gasteiger partial charge on any atom is 0.291 e. The normalized spacial score (nSPS) is 11.2. The molecule has 0 saturated carbocycles. The van der Waals surface area contributed by atoms with Gasteiger partial charge in [-0.2, -0.15) is 4.98 Å². The summed E-state index contributed by atoms with van der Waals surface area (Å²) in [5.74, 6) is 0.516. The highest BCUT2D eigenvalue weighted by molar-refractivity contribution is 6.06. The van der Waals surface area contributed by atoms with Crippen LogP contribution in [-0.2, 0) is 0 Å². The van der Waals surface area contributed by atoms with Crippen LogP contribution >= 0.6 is 0 Å². The molecule has 0 fully saturated rings. The summed E-state index contributed by atoms with van der Waals surface area (Å²) >= 11 is 0. The van der Waals surface area contributed by atoms with Gasteiger partial charge >= 0.3 is 0 Å². The summed E-state index contributed by atoms with van der Waals surface area (Å²) in [5, 5.41) is 3.81. The van der Waals surface area contributed by atoms with Gasteiger partial charge in [0.15, 0.2) is 17.0 Å². The van der Waals surface area contributed by atoms with E-state index >= 15 is 0 Å². The first kappa shape index (κ1) is 16.3. The lowest BCUT2D eigenvalue weighted by Crippen LogP contribution is -2.11. The Bertz CT molecular complexity index is 1280. The zero-order chi connectivity index (χ0) is 19.1. The Hall–Kier alpha value is -3.93. The quantitative estimate of drug-likeness (QED) is 0.473. The molecular formula is C22H15N3O3. The molecule has 28 heavy (non-hydrogen) atoms. The number of para-hydroxylation sites is 1. The lowest BCUT2D eigenvalue weighted by atomic mass is 10.1. The second kappa shape index (κ2) is 6.35. The van der Waals surface area contributed by atoms with Crippen LogP contribution in [0.2, 0.25) is 0 Å². The van der Waals surface area contributed by atoms with Gasteiger partial charge in [-0.15, -0.1) is 0 Å². The molecule has 0 unspecified atom stereocenters. The van der Waals surface area contributed by atoms with Gasteiger partial charge in [-0.1, -0.05) is 18.2 Å². The van der Waals surface area contributed by atoms with E-state index in [1.54, 1.807) is 24.4 Å². The van der Waals surface area contributed by atoms with E-state index in [-0.39, 0.29) is 5.91 Å². The van der Waals surface area contributed by atoms with Crippen LogP contribution in [0.1, 0.15) is 16.1 Å². The Kier molecular flexibility index (Phi) is 3.69. The number of carbonyl (C=O) groups is 1. The maximum atomic E-state index is 12.6. The fourth-order valence-corrected chi connectivity index (χ4v) is 3.17. The molecule has 0 bridgehead atoms. The molecule has 1 amide bonds. The number of anilines is 1. The first-order chi connectivity index (χ1) is 13.7. The van der Waals surface area contributed by atoms with E-state index < -0.39 is 0 Å². The first-order valence-electron chi connectivity index (χ1n) is 8.80. The van der Waals surface area contributed by atoms with E-state index in [9.17, 15) is 4.79 Å². The number of nitrogens with zero attached hydrogens (tertiary/aromatic N) is 2. The Morgan fingerprint density at radius 2 is 1.71 bits per heavy atom. The van der Waals surface area contributed by atoms with E-state index in [2.05, 4.69) is 15.3 Å². The van der Waals surface area contributed by atoms with Crippen LogP contribution in [0.25, 0.3) is 33.7 Å². The standard InChI is InChI=1S/C22H15N3O3/c1-13-16-5-2-3-6-17(16)27-19(13)21(26)24-15-10-8-14(9-11-15)22-25-20-18(28-22)7-4-12-23-20/h2-12H,1H3,(H,24,26). The van der Waals surface area contributed by atoms with Gasteiger partial charge in [0.25, 0.3) is 5.91 Å². The minimum absolute atomic E-state index is 0.285. The summed E-state index contributed by atoms with van der Waals surface area (Å²) in [7, 11) is 0. The minimum Gasteiger partial charge on any atom is -0.451 e. The number of benzene rings is 2. The molecule has 0 spiro atoms. The van der Waals surface area contributed by atoms with Crippen molar-refractivity contribution in [3.63, 3.8) is 0 Å². The summed E-state index contributed by atoms with van der Waals surface area (Å²) in [6.07, 6.45) is 1.67. The molecule has 136 valence electrons. The van der Waals surface area contributed by atoms with Crippen molar-refractivity contribution < 1.29 is 13.6 Å². The highest BCUT2D eigenvalue weighted by Crippen LogP contribution is 2.27. The summed E-state index contributed by atoms with van der Waals surface area (Å²) in [6, 6.07) is 18.5. The molecule has 5 aromatic rings. The number of furan rings is 1. The number of fused-ring (bicyclic) bond motifs is 2. The van der Waals surface area contributed by atoms with Crippen LogP contribution in [-0.4, -0.2) is 15.9 Å². The van der Waals surface area contributed by atoms with Crippen molar-refractivity contribution in [2.45, 2.75) is 6.92 Å². The van der Waals surface area contributed by atoms with Gasteiger partial charge in [0, 0.05) is 28.4 Å². The van der Waals surface area contributed by atoms with Crippen LogP contribution < -0.4 is 5.32 Å². The fraction of sp³-hybridized carbons (Fsp3) is 0.0455. The number of rotatable bonds is 3. The van der Waals surface area contributed by atoms with E-state index in [0.29, 0.717) is 34.2 Å². The van der Waals surface area contributed by atoms with Crippen LogP contribution in [0.4, 0.5) is 5.69 Å². The molecule has 3 aromatic heterocycles. The molecule has 0 saturated heterocycles. The van der Waals surface area contributed by atoms with Gasteiger partial charge in [0.2, 0.25) is 5.89 Å². The number of pyridine rings is 1. The van der Waals surface area contributed by atoms with Gasteiger partial charge in [0.05, 0.1) is 0 Å². The van der Waals surface area contributed by atoms with E-state index in [4.69, 9.17) is 8.83 Å². The number of oxazole rings is 1. The van der Waals surface area contributed by atoms with Gasteiger partial charge < -0.3 is 14.2 Å². The van der Waals surface area contributed by atoms with E-state index in [1.165, 1.54) is 0 Å². The predicted octanol–water partition coefficient (Wildman–Crippen LogP) is 5.20. The number of nitrogens with one attached hydrogen (secondary N) is 1. The maximum absolute atomic E-state index is 12.6. The van der Waals surface area contributed by atoms with Crippen molar-refractivity contribution in [2.75, 3.05) is 5.32 Å². The number of aryl methyl sites for hydroxylation is 1. The highest BCUT2D eigenvalue weighted by atomic mass is 16.4. The third-order valence-electron chi connectivity index (χ3n) is 4.60. The Morgan fingerprint density at radius 3 is 2.50 bits per heavy atom. The summed E-state index contributed by atoms with van der Waals surface area (Å²) < 4.78 is 11.4. The number of hydrogen-bond acceptors (Lipinski definition) is 5. The van der Waals surface area contributed by atoms with Crippen molar-refractivity contribution in [3.8, 4) is 11.5 Å². The van der Waals surface area contributed by atoms with Crippen LogP contribution in [0, 0.1) is 6.92 Å². The summed E-state index contributed by atoms with van der Waals surface area (Å²) in [6.45, 7) is 1.88. The van der Waals surface area contributed by atoms with Crippen molar-refractivity contribution in [1.82, 2.24) is 9.97 Å². The van der Waals surface area contributed by atoms with Crippen molar-refractivity contribution in [3.05, 3.63) is 78.2 Å². The summed E-state index contributed by atoms with van der Waals surface area (Å²) in [4.78, 5) is 21.2. The van der Waals surface area contributed by atoms with Gasteiger partial charge in [-0.05, 0) is 49.4 Å². The van der Waals surface area contributed by atoms with Gasteiger partial charge in [-0.3, -0.25) is 4.79 Å². The van der Waals surface area contributed by atoms with Crippen LogP contribution in [0.15, 0.2) is 75.7 Å². The summed E-state index contributed by atoms with van der Waals surface area (Å²) in [5.41, 5.74) is 4.18. The van der Waals surface area contributed by atoms with Crippen LogP contribution in [0.3, 0.4) is 0 Å². The molecule has 3 heterocycles. The second-order valence-electron chi connectivity index (χ2n) is 6.43. The topological polar surface area (TPSA) is 81.2 Å². The third kappa shape index (κ3) is 2.72. The highest BCUT2D eigenvalue weighted by Gasteiger charge is 2.17. The second-order valence-corrected chi connectivity index (χ2v) is 6.43. The molecule has 1 N–H and O–H groups in total. The predicted molar refractivity (Wildman–Crippen MR) is 106 cm³/mol. The average Bonchev–Trinajstić information content (AvgIpc) is 3.30. The Labute approximate surface area is 159 Å². The molecule has 6 heteroatoms. The molecule has 5 rings (SSSR count). The molecule has 6 nitrogen and oxygen atoms in total. The molecule has 0 atom stereocenters. The molecule has 0 aliphatic carbocycles. The Morgan fingerprint density at radius 1 is 0.929 bits per heavy atom. The fourth-order valence-electron chi connectivity index (χ4n) is 3.17. The van der Waals surface area contributed by atoms with Crippen molar-refractivity contribution in [1.29, 1.82) is 0 Å².